The molecule has 4 heteroatoms. The highest BCUT2D eigenvalue weighted by atomic mass is 16.5. The minimum Gasteiger partial charge on any atom is -0.494 e. The van der Waals surface area contributed by atoms with Crippen molar-refractivity contribution in [3.63, 3.8) is 0 Å². The van der Waals surface area contributed by atoms with Crippen molar-refractivity contribution in [2.24, 2.45) is 23.3 Å². The van der Waals surface area contributed by atoms with Gasteiger partial charge >= 0.3 is 0 Å². The van der Waals surface area contributed by atoms with Crippen molar-refractivity contribution in [2.75, 3.05) is 26.3 Å². The van der Waals surface area contributed by atoms with Gasteiger partial charge < -0.3 is 20.9 Å². The molecular weight excluding hydrogens is 252 g/mol. The zero-order valence-corrected chi connectivity index (χ0v) is 12.9. The Morgan fingerprint density at radius 1 is 1.05 bits per heavy atom. The summed E-state index contributed by atoms with van der Waals surface area (Å²) in [4.78, 5) is 0. The molecule has 1 atom stereocenters. The Balaban J connectivity index is 2.90. The minimum absolute atomic E-state index is 0.334. The second-order valence-corrected chi connectivity index (χ2v) is 5.05. The summed E-state index contributed by atoms with van der Waals surface area (Å²) in [5.41, 5.74) is 12.7. The fourth-order valence-electron chi connectivity index (χ4n) is 2.34. The molecule has 20 heavy (non-hydrogen) atoms. The maximum absolute atomic E-state index is 5.78. The van der Waals surface area contributed by atoms with Gasteiger partial charge in [-0.05, 0) is 69.0 Å². The molecule has 1 unspecified atom stereocenters. The van der Waals surface area contributed by atoms with Crippen LogP contribution < -0.4 is 20.9 Å². The van der Waals surface area contributed by atoms with Crippen LogP contribution in [-0.2, 0) is 6.42 Å². The van der Waals surface area contributed by atoms with Crippen molar-refractivity contribution in [2.45, 2.75) is 27.2 Å². The molecule has 0 aliphatic carbocycles. The molecule has 0 saturated carbocycles. The number of rotatable bonds is 9. The Morgan fingerprint density at radius 3 is 2.25 bits per heavy atom. The average Bonchev–Trinajstić information content (AvgIpc) is 2.43. The van der Waals surface area contributed by atoms with Crippen molar-refractivity contribution >= 4 is 0 Å². The first-order chi connectivity index (χ1) is 9.65. The van der Waals surface area contributed by atoms with Gasteiger partial charge in [0, 0.05) is 0 Å². The molecule has 0 radical (unpaired) electrons. The third-order valence-electron chi connectivity index (χ3n) is 3.59. The molecule has 1 aromatic carbocycles. The molecule has 0 aliphatic heterocycles. The largest absolute Gasteiger partial charge is 0.494 e. The van der Waals surface area contributed by atoms with E-state index < -0.39 is 0 Å². The molecule has 0 saturated heterocycles. The predicted octanol–water partition coefficient (Wildman–Crippen LogP) is 2.20. The summed E-state index contributed by atoms with van der Waals surface area (Å²) in [5.74, 6) is 2.56. The van der Waals surface area contributed by atoms with Crippen LogP contribution in [-0.4, -0.2) is 26.3 Å². The first kappa shape index (κ1) is 16.8. The molecule has 1 aromatic rings. The summed E-state index contributed by atoms with van der Waals surface area (Å²) in [6.07, 6.45) is 0.898. The molecule has 4 N–H and O–H groups in total. The van der Waals surface area contributed by atoms with Gasteiger partial charge in [-0.3, -0.25) is 0 Å². The summed E-state index contributed by atoms with van der Waals surface area (Å²) in [5, 5.41) is 0. The van der Waals surface area contributed by atoms with E-state index in [1.54, 1.807) is 0 Å². The Labute approximate surface area is 122 Å². The molecule has 0 fully saturated rings. The quantitative estimate of drug-likeness (QED) is 0.727. The molecule has 0 spiro atoms. The van der Waals surface area contributed by atoms with Crippen molar-refractivity contribution in [3.8, 4) is 11.5 Å². The Morgan fingerprint density at radius 2 is 1.70 bits per heavy atom. The van der Waals surface area contributed by atoms with Crippen LogP contribution in [0.3, 0.4) is 0 Å². The van der Waals surface area contributed by atoms with Crippen molar-refractivity contribution < 1.29 is 9.47 Å². The predicted molar refractivity (Wildman–Crippen MR) is 83.2 cm³/mol. The van der Waals surface area contributed by atoms with E-state index in [4.69, 9.17) is 20.9 Å². The highest BCUT2D eigenvalue weighted by molar-refractivity contribution is 5.40. The van der Waals surface area contributed by atoms with E-state index in [9.17, 15) is 0 Å². The molecule has 1 rings (SSSR count). The molecule has 0 aliphatic rings. The zero-order chi connectivity index (χ0) is 15.0. The standard InChI is InChI=1S/C16H28N2O2/c1-4-19-15-6-7-16(20-5-2)13(9-15)8-12(3)14(10-17)11-18/h6-7,9,12,14H,4-5,8,10-11,17-18H2,1-3H3. The number of hydrogen-bond donors (Lipinski definition) is 2. The van der Waals surface area contributed by atoms with E-state index in [2.05, 4.69) is 13.0 Å². The van der Waals surface area contributed by atoms with E-state index >= 15 is 0 Å². The Bertz CT molecular complexity index is 392. The molecule has 0 bridgehead atoms. The molecular formula is C16H28N2O2. The lowest BCUT2D eigenvalue weighted by Crippen LogP contribution is -2.30. The first-order valence-corrected chi connectivity index (χ1v) is 7.44. The van der Waals surface area contributed by atoms with Crippen LogP contribution in [0.25, 0.3) is 0 Å². The van der Waals surface area contributed by atoms with Gasteiger partial charge in [-0.2, -0.15) is 0 Å². The number of hydrogen-bond acceptors (Lipinski definition) is 4. The van der Waals surface area contributed by atoms with Crippen LogP contribution in [0.4, 0.5) is 0 Å². The highest BCUT2D eigenvalue weighted by Crippen LogP contribution is 2.28. The van der Waals surface area contributed by atoms with Crippen molar-refractivity contribution in [1.82, 2.24) is 0 Å². The summed E-state index contributed by atoms with van der Waals surface area (Å²) in [6, 6.07) is 6.00. The maximum atomic E-state index is 5.78. The highest BCUT2D eigenvalue weighted by Gasteiger charge is 2.17. The van der Waals surface area contributed by atoms with Crippen LogP contribution in [0.2, 0.25) is 0 Å². The summed E-state index contributed by atoms with van der Waals surface area (Å²) < 4.78 is 11.3. The van der Waals surface area contributed by atoms with Gasteiger partial charge in [0.2, 0.25) is 0 Å². The Hall–Kier alpha value is -1.26. The van der Waals surface area contributed by atoms with Crippen LogP contribution in [0.5, 0.6) is 11.5 Å². The van der Waals surface area contributed by atoms with Gasteiger partial charge in [0.15, 0.2) is 0 Å². The fraction of sp³-hybridized carbons (Fsp3) is 0.625. The average molecular weight is 280 g/mol. The van der Waals surface area contributed by atoms with E-state index in [-0.39, 0.29) is 0 Å². The number of nitrogens with two attached hydrogens (primary N) is 2. The topological polar surface area (TPSA) is 70.5 Å². The van der Waals surface area contributed by atoms with Gasteiger partial charge in [-0.15, -0.1) is 0 Å². The van der Waals surface area contributed by atoms with E-state index in [1.807, 2.05) is 26.0 Å². The lowest BCUT2D eigenvalue weighted by molar-refractivity contribution is 0.319. The monoisotopic (exact) mass is 280 g/mol. The van der Waals surface area contributed by atoms with Gasteiger partial charge in [0.25, 0.3) is 0 Å². The van der Waals surface area contributed by atoms with Gasteiger partial charge in [-0.1, -0.05) is 6.92 Å². The summed E-state index contributed by atoms with van der Waals surface area (Å²) in [7, 11) is 0. The molecule has 114 valence electrons. The number of benzene rings is 1. The van der Waals surface area contributed by atoms with Gasteiger partial charge in [0.1, 0.15) is 11.5 Å². The lowest BCUT2D eigenvalue weighted by Gasteiger charge is -2.22. The summed E-state index contributed by atoms with van der Waals surface area (Å²) >= 11 is 0. The van der Waals surface area contributed by atoms with E-state index in [1.165, 1.54) is 0 Å². The second kappa shape index (κ2) is 8.82. The van der Waals surface area contributed by atoms with E-state index in [0.717, 1.165) is 23.5 Å². The van der Waals surface area contributed by atoms with Crippen molar-refractivity contribution in [3.05, 3.63) is 23.8 Å². The Kier molecular flexibility index (Phi) is 7.41. The third kappa shape index (κ3) is 4.69. The fourth-order valence-corrected chi connectivity index (χ4v) is 2.34. The van der Waals surface area contributed by atoms with Gasteiger partial charge in [0.05, 0.1) is 13.2 Å². The smallest absolute Gasteiger partial charge is 0.122 e. The van der Waals surface area contributed by atoms with Crippen LogP contribution in [0, 0.1) is 11.8 Å². The SMILES string of the molecule is CCOc1ccc(OCC)c(CC(C)C(CN)CN)c1. The molecule has 4 nitrogen and oxygen atoms in total. The van der Waals surface area contributed by atoms with Crippen molar-refractivity contribution in [1.29, 1.82) is 0 Å². The van der Waals surface area contributed by atoms with E-state index in [0.29, 0.717) is 38.1 Å². The molecule has 0 heterocycles. The lowest BCUT2D eigenvalue weighted by atomic mass is 9.88. The third-order valence-corrected chi connectivity index (χ3v) is 3.59. The number of ether oxygens (including phenoxy) is 2. The van der Waals surface area contributed by atoms with Gasteiger partial charge in [-0.25, -0.2) is 0 Å². The first-order valence-electron chi connectivity index (χ1n) is 7.44. The van der Waals surface area contributed by atoms with Crippen LogP contribution in [0.15, 0.2) is 18.2 Å². The second-order valence-electron chi connectivity index (χ2n) is 5.05. The molecule has 0 aromatic heterocycles. The zero-order valence-electron chi connectivity index (χ0n) is 12.9. The summed E-state index contributed by atoms with van der Waals surface area (Å²) in [6.45, 7) is 8.72. The van der Waals surface area contributed by atoms with Crippen LogP contribution in [0.1, 0.15) is 26.3 Å². The molecule has 0 amide bonds. The normalized spacial score (nSPS) is 12.5. The van der Waals surface area contributed by atoms with Crippen LogP contribution >= 0.6 is 0 Å². The minimum atomic E-state index is 0.334. The maximum Gasteiger partial charge on any atom is 0.122 e.